The van der Waals surface area contributed by atoms with E-state index in [9.17, 15) is 4.79 Å². The molecule has 2 aliphatic rings. The van der Waals surface area contributed by atoms with Gasteiger partial charge in [-0.2, -0.15) is 0 Å². The lowest BCUT2D eigenvalue weighted by Gasteiger charge is -2.41. The van der Waals surface area contributed by atoms with Gasteiger partial charge in [-0.1, -0.05) is 43.9 Å². The van der Waals surface area contributed by atoms with Gasteiger partial charge >= 0.3 is 0 Å². The molecule has 29 heavy (non-hydrogen) atoms. The fourth-order valence-electron chi connectivity index (χ4n) is 6.02. The standard InChI is InChI=1S/C26H38O2Si/c1-19(21-16-17-23-24(27)13-10-18-26(21,23)4)14-15-20-11-8-9-12-22(20)25(2,3)28-29(5,6)7/h8-9,11-12,19,21,23H,10,13,16-18H2,1-7H3/t19-,21?,23?,26-/m1/s1. The summed E-state index contributed by atoms with van der Waals surface area (Å²) in [5.74, 6) is 8.67. The van der Waals surface area contributed by atoms with Crippen molar-refractivity contribution in [1.29, 1.82) is 0 Å². The van der Waals surface area contributed by atoms with Gasteiger partial charge in [-0.15, -0.1) is 0 Å². The number of carbonyl (C=O) groups is 1. The molecule has 0 aromatic heterocycles. The van der Waals surface area contributed by atoms with Gasteiger partial charge in [0.25, 0.3) is 0 Å². The molecule has 0 heterocycles. The van der Waals surface area contributed by atoms with E-state index < -0.39 is 8.32 Å². The van der Waals surface area contributed by atoms with Crippen LogP contribution in [0.4, 0.5) is 0 Å². The maximum atomic E-state index is 12.5. The summed E-state index contributed by atoms with van der Waals surface area (Å²) in [5, 5.41) is 0. The number of ketones is 1. The number of carbonyl (C=O) groups excluding carboxylic acids is 1. The van der Waals surface area contributed by atoms with Crippen LogP contribution in [0.2, 0.25) is 19.6 Å². The third-order valence-electron chi connectivity index (χ3n) is 7.11. The summed E-state index contributed by atoms with van der Waals surface area (Å²) < 4.78 is 6.49. The Bertz CT molecular complexity index is 823. The lowest BCUT2D eigenvalue weighted by molar-refractivity contribution is -0.129. The number of fused-ring (bicyclic) bond motifs is 1. The van der Waals surface area contributed by atoms with Crippen molar-refractivity contribution in [2.24, 2.45) is 23.2 Å². The molecule has 0 N–H and O–H groups in total. The van der Waals surface area contributed by atoms with Crippen molar-refractivity contribution in [3.8, 4) is 11.8 Å². The predicted octanol–water partition coefficient (Wildman–Crippen LogP) is 6.55. The van der Waals surface area contributed by atoms with E-state index in [0.717, 1.165) is 31.2 Å². The van der Waals surface area contributed by atoms with E-state index in [1.807, 2.05) is 0 Å². The molecule has 2 aliphatic carbocycles. The molecule has 0 radical (unpaired) electrons. The Hall–Kier alpha value is -1.37. The van der Waals surface area contributed by atoms with Gasteiger partial charge in [0, 0.05) is 23.8 Å². The first-order chi connectivity index (χ1) is 13.4. The minimum atomic E-state index is -1.68. The van der Waals surface area contributed by atoms with Crippen molar-refractivity contribution >= 4 is 14.1 Å². The molecule has 1 aromatic carbocycles. The highest BCUT2D eigenvalue weighted by Crippen LogP contribution is 2.56. The summed E-state index contributed by atoms with van der Waals surface area (Å²) in [6.07, 6.45) is 5.20. The first kappa shape index (κ1) is 22.3. The number of hydrogen-bond donors (Lipinski definition) is 0. The SMILES string of the molecule is C[C@H](C#Cc1ccccc1C(C)(C)O[Si](C)(C)C)C1CCC2C(=O)CCC[C@@]21C. The fourth-order valence-corrected chi connectivity index (χ4v) is 7.66. The lowest BCUT2D eigenvalue weighted by Crippen LogP contribution is -2.39. The number of Topliss-reactive ketones (excluding diaryl/α,β-unsaturated/α-hetero) is 1. The zero-order chi connectivity index (χ0) is 21.4. The maximum Gasteiger partial charge on any atom is 0.184 e. The van der Waals surface area contributed by atoms with Gasteiger partial charge in [-0.05, 0) is 82.1 Å². The van der Waals surface area contributed by atoms with Crippen molar-refractivity contribution in [3.05, 3.63) is 35.4 Å². The Balaban J connectivity index is 1.85. The quantitative estimate of drug-likeness (QED) is 0.416. The fraction of sp³-hybridized carbons (Fsp3) is 0.654. The number of rotatable bonds is 4. The third kappa shape index (κ3) is 4.70. The molecule has 3 rings (SSSR count). The average Bonchev–Trinajstić information content (AvgIpc) is 2.96. The largest absolute Gasteiger partial charge is 0.409 e. The van der Waals surface area contributed by atoms with Crippen LogP contribution in [-0.2, 0) is 14.8 Å². The van der Waals surface area contributed by atoms with Crippen LogP contribution in [0.15, 0.2) is 24.3 Å². The van der Waals surface area contributed by atoms with Crippen molar-refractivity contribution in [3.63, 3.8) is 0 Å². The highest BCUT2D eigenvalue weighted by molar-refractivity contribution is 6.69. The van der Waals surface area contributed by atoms with Crippen LogP contribution in [0, 0.1) is 35.0 Å². The van der Waals surface area contributed by atoms with Crippen LogP contribution < -0.4 is 0 Å². The van der Waals surface area contributed by atoms with Crippen molar-refractivity contribution in [1.82, 2.24) is 0 Å². The van der Waals surface area contributed by atoms with Crippen LogP contribution >= 0.6 is 0 Å². The minimum Gasteiger partial charge on any atom is -0.409 e. The molecule has 0 saturated heterocycles. The Kier molecular flexibility index (Phi) is 6.19. The summed E-state index contributed by atoms with van der Waals surface area (Å²) in [5.41, 5.74) is 2.04. The topological polar surface area (TPSA) is 26.3 Å². The number of hydrogen-bond acceptors (Lipinski definition) is 2. The molecule has 2 fully saturated rings. The van der Waals surface area contributed by atoms with Gasteiger partial charge in [0.1, 0.15) is 5.78 Å². The molecular formula is C26H38O2Si. The molecular weight excluding hydrogens is 372 g/mol. The molecule has 0 amide bonds. The van der Waals surface area contributed by atoms with Gasteiger partial charge in [0.2, 0.25) is 0 Å². The zero-order valence-electron chi connectivity index (χ0n) is 19.4. The predicted molar refractivity (Wildman–Crippen MR) is 123 cm³/mol. The van der Waals surface area contributed by atoms with E-state index in [0.29, 0.717) is 17.6 Å². The summed E-state index contributed by atoms with van der Waals surface area (Å²) in [6.45, 7) is 15.6. The summed E-state index contributed by atoms with van der Waals surface area (Å²) >= 11 is 0. The Morgan fingerprint density at radius 3 is 2.59 bits per heavy atom. The van der Waals surface area contributed by atoms with Crippen LogP contribution in [0.1, 0.15) is 70.9 Å². The number of benzene rings is 1. The second-order valence-electron chi connectivity index (χ2n) is 10.9. The highest BCUT2D eigenvalue weighted by Gasteiger charge is 2.52. The van der Waals surface area contributed by atoms with Gasteiger partial charge < -0.3 is 4.43 Å². The summed E-state index contributed by atoms with van der Waals surface area (Å²) in [6, 6.07) is 8.42. The van der Waals surface area contributed by atoms with E-state index in [-0.39, 0.29) is 16.9 Å². The Morgan fingerprint density at radius 2 is 1.90 bits per heavy atom. The van der Waals surface area contributed by atoms with E-state index in [4.69, 9.17) is 4.43 Å². The summed E-state index contributed by atoms with van der Waals surface area (Å²) in [7, 11) is -1.68. The van der Waals surface area contributed by atoms with Crippen molar-refractivity contribution in [2.75, 3.05) is 0 Å². The van der Waals surface area contributed by atoms with Gasteiger partial charge in [-0.3, -0.25) is 4.79 Å². The van der Waals surface area contributed by atoms with Crippen LogP contribution in [0.3, 0.4) is 0 Å². The van der Waals surface area contributed by atoms with E-state index in [1.165, 1.54) is 12.0 Å². The normalized spacial score (nSPS) is 28.4. The first-order valence-corrected chi connectivity index (χ1v) is 14.7. The van der Waals surface area contributed by atoms with Crippen LogP contribution in [0.25, 0.3) is 0 Å². The monoisotopic (exact) mass is 410 g/mol. The first-order valence-electron chi connectivity index (χ1n) is 11.3. The second-order valence-corrected chi connectivity index (χ2v) is 15.3. The van der Waals surface area contributed by atoms with Gasteiger partial charge in [0.05, 0.1) is 5.60 Å². The lowest BCUT2D eigenvalue weighted by atomic mass is 9.62. The minimum absolute atomic E-state index is 0.142. The third-order valence-corrected chi connectivity index (χ3v) is 8.23. The molecule has 0 spiro atoms. The summed E-state index contributed by atoms with van der Waals surface area (Å²) in [4.78, 5) is 12.5. The van der Waals surface area contributed by atoms with Gasteiger partial charge in [0.15, 0.2) is 8.32 Å². The van der Waals surface area contributed by atoms with Crippen LogP contribution in [0.5, 0.6) is 0 Å². The smallest absolute Gasteiger partial charge is 0.184 e. The highest BCUT2D eigenvalue weighted by atomic mass is 28.4. The van der Waals surface area contributed by atoms with Crippen molar-refractivity contribution < 1.29 is 9.22 Å². The molecule has 2 saturated carbocycles. The Morgan fingerprint density at radius 1 is 1.21 bits per heavy atom. The molecule has 0 bridgehead atoms. The molecule has 1 aromatic rings. The maximum absolute atomic E-state index is 12.5. The van der Waals surface area contributed by atoms with Crippen LogP contribution in [-0.4, -0.2) is 14.1 Å². The average molecular weight is 411 g/mol. The molecule has 0 aliphatic heterocycles. The van der Waals surface area contributed by atoms with E-state index in [1.54, 1.807) is 0 Å². The van der Waals surface area contributed by atoms with Gasteiger partial charge in [-0.25, -0.2) is 0 Å². The molecule has 158 valence electrons. The molecule has 2 nitrogen and oxygen atoms in total. The second kappa shape index (κ2) is 8.04. The Labute approximate surface area is 178 Å². The molecule has 3 heteroatoms. The molecule has 2 unspecified atom stereocenters. The van der Waals surface area contributed by atoms with E-state index in [2.05, 4.69) is 83.4 Å². The van der Waals surface area contributed by atoms with Crippen molar-refractivity contribution in [2.45, 2.75) is 85.0 Å². The van der Waals surface area contributed by atoms with E-state index >= 15 is 0 Å². The zero-order valence-corrected chi connectivity index (χ0v) is 20.4. The molecule has 4 atom stereocenters.